The van der Waals surface area contributed by atoms with Crippen molar-refractivity contribution >= 4 is 24.0 Å². The average Bonchev–Trinajstić information content (AvgIpc) is 3.10. The molecule has 2 N–H and O–H groups in total. The Morgan fingerprint density at radius 2 is 1.76 bits per heavy atom. The number of carbonyl (C=O) groups excluding carboxylic acids is 1. The summed E-state index contributed by atoms with van der Waals surface area (Å²) in [5.74, 6) is -3.86. The molecule has 1 amide bonds. The second kappa shape index (κ2) is 5.85. The van der Waals surface area contributed by atoms with E-state index in [9.17, 15) is 18.0 Å². The van der Waals surface area contributed by atoms with Crippen LogP contribution in [-0.2, 0) is 4.79 Å². The Hall–Kier alpha value is -1.27. The Morgan fingerprint density at radius 3 is 2.43 bits per heavy atom. The summed E-state index contributed by atoms with van der Waals surface area (Å²) in [6.45, 7) is 1.76. The van der Waals surface area contributed by atoms with E-state index in [4.69, 9.17) is 0 Å². The third-order valence-electron chi connectivity index (χ3n) is 4.37. The van der Waals surface area contributed by atoms with Crippen molar-refractivity contribution in [1.82, 2.24) is 5.32 Å². The molecular weight excluding hydrogens is 305 g/mol. The first kappa shape index (κ1) is 16.1. The molecule has 0 radical (unpaired) electrons. The van der Waals surface area contributed by atoms with Gasteiger partial charge >= 0.3 is 0 Å². The molecule has 1 atom stereocenters. The second-order valence-electron chi connectivity index (χ2n) is 5.60. The highest BCUT2D eigenvalue weighted by Crippen LogP contribution is 2.58. The lowest BCUT2D eigenvalue weighted by atomic mass is 9.92. The van der Waals surface area contributed by atoms with E-state index in [0.29, 0.717) is 12.1 Å². The Morgan fingerprint density at radius 1 is 1.14 bits per heavy atom. The Balaban J connectivity index is 0.00000161. The van der Waals surface area contributed by atoms with Gasteiger partial charge in [0, 0.05) is 18.1 Å². The van der Waals surface area contributed by atoms with Crippen LogP contribution >= 0.6 is 12.4 Å². The number of hydrogen-bond acceptors (Lipinski definition) is 2. The maximum atomic E-state index is 13.5. The summed E-state index contributed by atoms with van der Waals surface area (Å²) in [5.41, 5.74) is -0.283. The fraction of sp³-hybridized carbons (Fsp3) is 0.500. The highest BCUT2D eigenvalue weighted by Gasteiger charge is 2.57. The van der Waals surface area contributed by atoms with E-state index < -0.39 is 17.5 Å². The van der Waals surface area contributed by atoms with E-state index in [-0.39, 0.29) is 35.3 Å². The summed E-state index contributed by atoms with van der Waals surface area (Å²) in [5, 5.41) is 5.60. The molecule has 2 fully saturated rings. The SMILES string of the molecule is Cl.O=C(Nc1cc(F)c(F)cc1F)C1CC12CCNCC2. The minimum absolute atomic E-state index is 0. The average molecular weight is 321 g/mol. The number of nitrogens with one attached hydrogen (secondary N) is 2. The molecule has 0 aromatic heterocycles. The molecule has 1 aromatic carbocycles. The molecule has 3 rings (SSSR count). The molecule has 1 heterocycles. The van der Waals surface area contributed by atoms with E-state index in [1.807, 2.05) is 0 Å². The lowest BCUT2D eigenvalue weighted by Crippen LogP contribution is -2.31. The van der Waals surface area contributed by atoms with Crippen molar-refractivity contribution in [2.24, 2.45) is 11.3 Å². The van der Waals surface area contributed by atoms with Gasteiger partial charge in [0.1, 0.15) is 5.82 Å². The molecule has 1 aromatic rings. The first-order valence-corrected chi connectivity index (χ1v) is 6.68. The number of hydrogen-bond donors (Lipinski definition) is 2. The van der Waals surface area contributed by atoms with Crippen molar-refractivity contribution in [1.29, 1.82) is 0 Å². The molecule has 2 aliphatic rings. The van der Waals surface area contributed by atoms with Gasteiger partial charge in [0.25, 0.3) is 0 Å². The topological polar surface area (TPSA) is 41.1 Å². The molecule has 1 unspecified atom stereocenters. The monoisotopic (exact) mass is 320 g/mol. The molecule has 1 saturated carbocycles. The standard InChI is InChI=1S/C14H15F3N2O.ClH/c15-9-5-11(17)12(6-10(9)16)19-13(20)8-7-14(8)1-3-18-4-2-14;/h5-6,8,18H,1-4,7H2,(H,19,20);1H. The van der Waals surface area contributed by atoms with Crippen molar-refractivity contribution in [3.05, 3.63) is 29.6 Å². The lowest BCUT2D eigenvalue weighted by molar-refractivity contribution is -0.118. The molecule has 3 nitrogen and oxygen atoms in total. The fourth-order valence-electron chi connectivity index (χ4n) is 3.03. The Bertz CT molecular complexity index is 561. The van der Waals surface area contributed by atoms with Crippen LogP contribution in [0, 0.1) is 28.8 Å². The van der Waals surface area contributed by atoms with E-state index in [2.05, 4.69) is 10.6 Å². The van der Waals surface area contributed by atoms with Gasteiger partial charge in [-0.15, -0.1) is 12.4 Å². The zero-order valence-corrected chi connectivity index (χ0v) is 12.0. The number of piperidine rings is 1. The summed E-state index contributed by atoms with van der Waals surface area (Å²) >= 11 is 0. The third-order valence-corrected chi connectivity index (χ3v) is 4.37. The van der Waals surface area contributed by atoms with Gasteiger partial charge in [-0.2, -0.15) is 0 Å². The van der Waals surface area contributed by atoms with Crippen molar-refractivity contribution in [3.8, 4) is 0 Å². The lowest BCUT2D eigenvalue weighted by Gasteiger charge is -2.23. The molecule has 0 bridgehead atoms. The Kier molecular flexibility index (Phi) is 4.49. The van der Waals surface area contributed by atoms with Gasteiger partial charge in [-0.05, 0) is 37.8 Å². The second-order valence-corrected chi connectivity index (χ2v) is 5.60. The summed E-state index contributed by atoms with van der Waals surface area (Å²) in [6.07, 6.45) is 2.63. The highest BCUT2D eigenvalue weighted by atomic mass is 35.5. The van der Waals surface area contributed by atoms with E-state index >= 15 is 0 Å². The smallest absolute Gasteiger partial charge is 0.228 e. The maximum absolute atomic E-state index is 13.5. The van der Waals surface area contributed by atoms with Crippen LogP contribution < -0.4 is 10.6 Å². The summed E-state index contributed by atoms with van der Waals surface area (Å²) in [6, 6.07) is 1.12. The van der Waals surface area contributed by atoms with Gasteiger partial charge in [0.05, 0.1) is 5.69 Å². The quantitative estimate of drug-likeness (QED) is 0.823. The van der Waals surface area contributed by atoms with Crippen LogP contribution in [0.25, 0.3) is 0 Å². The third kappa shape index (κ3) is 3.01. The number of carbonyl (C=O) groups is 1. The maximum Gasteiger partial charge on any atom is 0.228 e. The van der Waals surface area contributed by atoms with Gasteiger partial charge in [0.2, 0.25) is 5.91 Å². The zero-order valence-electron chi connectivity index (χ0n) is 11.2. The van der Waals surface area contributed by atoms with Gasteiger partial charge < -0.3 is 10.6 Å². The fourth-order valence-corrected chi connectivity index (χ4v) is 3.03. The zero-order chi connectivity index (χ0) is 14.3. The largest absolute Gasteiger partial charge is 0.323 e. The van der Waals surface area contributed by atoms with Crippen molar-refractivity contribution in [3.63, 3.8) is 0 Å². The highest BCUT2D eigenvalue weighted by molar-refractivity contribution is 5.95. The van der Waals surface area contributed by atoms with Gasteiger partial charge in [-0.1, -0.05) is 0 Å². The molecule has 1 spiro atoms. The first-order valence-electron chi connectivity index (χ1n) is 6.68. The predicted molar refractivity (Wildman–Crippen MR) is 74.8 cm³/mol. The molecule has 116 valence electrons. The van der Waals surface area contributed by atoms with E-state index in [1.165, 1.54) is 0 Å². The number of rotatable bonds is 2. The summed E-state index contributed by atoms with van der Waals surface area (Å²) < 4.78 is 39.4. The summed E-state index contributed by atoms with van der Waals surface area (Å²) in [4.78, 5) is 12.1. The minimum atomic E-state index is -1.26. The predicted octanol–water partition coefficient (Wildman–Crippen LogP) is 2.85. The number of benzene rings is 1. The van der Waals surface area contributed by atoms with Crippen LogP contribution in [0.4, 0.5) is 18.9 Å². The number of amides is 1. The van der Waals surface area contributed by atoms with Crippen LogP contribution in [0.2, 0.25) is 0 Å². The van der Waals surface area contributed by atoms with Crippen LogP contribution in [0.1, 0.15) is 19.3 Å². The number of halogens is 4. The van der Waals surface area contributed by atoms with Crippen molar-refractivity contribution in [2.45, 2.75) is 19.3 Å². The Labute approximate surface area is 126 Å². The summed E-state index contributed by atoms with van der Waals surface area (Å²) in [7, 11) is 0. The number of anilines is 1. The first-order chi connectivity index (χ1) is 9.52. The molecule has 1 aliphatic heterocycles. The van der Waals surface area contributed by atoms with E-state index in [1.54, 1.807) is 0 Å². The molecular formula is C14H16ClF3N2O. The molecule has 1 aliphatic carbocycles. The van der Waals surface area contributed by atoms with Crippen LogP contribution in [0.3, 0.4) is 0 Å². The van der Waals surface area contributed by atoms with Gasteiger partial charge in [-0.25, -0.2) is 13.2 Å². The van der Waals surface area contributed by atoms with E-state index in [0.717, 1.165) is 32.4 Å². The van der Waals surface area contributed by atoms with Crippen LogP contribution in [0.15, 0.2) is 12.1 Å². The molecule has 1 saturated heterocycles. The van der Waals surface area contributed by atoms with Crippen LogP contribution in [-0.4, -0.2) is 19.0 Å². The molecule has 21 heavy (non-hydrogen) atoms. The normalized spacial score (nSPS) is 22.5. The molecule has 7 heteroatoms. The van der Waals surface area contributed by atoms with Crippen LogP contribution in [0.5, 0.6) is 0 Å². The van der Waals surface area contributed by atoms with Gasteiger partial charge in [0.15, 0.2) is 11.6 Å². The minimum Gasteiger partial charge on any atom is -0.323 e. The van der Waals surface area contributed by atoms with Crippen molar-refractivity contribution in [2.75, 3.05) is 18.4 Å². The van der Waals surface area contributed by atoms with Gasteiger partial charge in [-0.3, -0.25) is 4.79 Å². The van der Waals surface area contributed by atoms with Crippen molar-refractivity contribution < 1.29 is 18.0 Å².